The Bertz CT molecular complexity index is 1290. The van der Waals surface area contributed by atoms with Crippen molar-refractivity contribution in [3.8, 4) is 0 Å². The van der Waals surface area contributed by atoms with Gasteiger partial charge in [0.05, 0.1) is 17.7 Å². The summed E-state index contributed by atoms with van der Waals surface area (Å²) in [7, 11) is 1.78. The van der Waals surface area contributed by atoms with Crippen LogP contribution in [0.25, 0.3) is 0 Å². The molecular weight excluding hydrogens is 471 g/mol. The van der Waals surface area contributed by atoms with Gasteiger partial charge in [0, 0.05) is 31.2 Å². The molecule has 2 N–H and O–H groups in total. The van der Waals surface area contributed by atoms with Gasteiger partial charge in [-0.15, -0.1) is 0 Å². The molecule has 0 aliphatic carbocycles. The molecule has 3 aromatic rings. The van der Waals surface area contributed by atoms with Gasteiger partial charge in [0.2, 0.25) is 0 Å². The summed E-state index contributed by atoms with van der Waals surface area (Å²) in [5.74, 6) is -0.911. The molecule has 3 aromatic carbocycles. The van der Waals surface area contributed by atoms with Crippen molar-refractivity contribution in [1.29, 1.82) is 0 Å². The van der Waals surface area contributed by atoms with Gasteiger partial charge >= 0.3 is 0 Å². The molecule has 0 bridgehead atoms. The summed E-state index contributed by atoms with van der Waals surface area (Å²) in [4.78, 5) is 41.0. The third-order valence-electron chi connectivity index (χ3n) is 7.05. The SMILES string of the molecule is CN(CCCC1CC(c2cccc(F)c2)NN1)C(=O)c1ccc(CN2C(=O)c3ccccc3C2=O)cc1. The average Bonchev–Trinajstić information content (AvgIpc) is 3.48. The zero-order chi connectivity index (χ0) is 25.9. The minimum atomic E-state index is -0.297. The molecule has 0 aromatic heterocycles. The van der Waals surface area contributed by atoms with Crippen LogP contribution in [0.4, 0.5) is 4.39 Å². The highest BCUT2D eigenvalue weighted by atomic mass is 19.1. The molecular formula is C29H29FN4O3. The predicted octanol–water partition coefficient (Wildman–Crippen LogP) is 4.08. The number of halogens is 1. The van der Waals surface area contributed by atoms with E-state index in [4.69, 9.17) is 0 Å². The van der Waals surface area contributed by atoms with Crippen LogP contribution in [0.5, 0.6) is 0 Å². The highest BCUT2D eigenvalue weighted by molar-refractivity contribution is 6.21. The van der Waals surface area contributed by atoms with Crippen molar-refractivity contribution < 1.29 is 18.8 Å². The lowest BCUT2D eigenvalue weighted by Gasteiger charge is -2.19. The standard InChI is InChI=1S/C29H29FN4O3/c1-33(15-5-8-23-17-26(32-31-23)21-6-4-7-22(30)16-21)27(35)20-13-11-19(12-14-20)18-34-28(36)24-9-2-3-10-25(24)29(34)37/h2-4,6-7,9-14,16,23,26,31-32H,5,8,15,17-18H2,1H3. The fourth-order valence-electron chi connectivity index (χ4n) is 4.97. The molecule has 0 spiro atoms. The maximum absolute atomic E-state index is 13.5. The molecule has 0 saturated carbocycles. The van der Waals surface area contributed by atoms with Gasteiger partial charge in [-0.25, -0.2) is 4.39 Å². The Balaban J connectivity index is 1.09. The van der Waals surface area contributed by atoms with Crippen molar-refractivity contribution >= 4 is 17.7 Å². The number of hydrogen-bond donors (Lipinski definition) is 2. The largest absolute Gasteiger partial charge is 0.342 e. The Morgan fingerprint density at radius 2 is 1.68 bits per heavy atom. The van der Waals surface area contributed by atoms with Crippen LogP contribution in [0.15, 0.2) is 72.8 Å². The van der Waals surface area contributed by atoms with E-state index in [9.17, 15) is 18.8 Å². The average molecular weight is 501 g/mol. The third-order valence-corrected chi connectivity index (χ3v) is 7.05. The van der Waals surface area contributed by atoms with Gasteiger partial charge in [0.15, 0.2) is 0 Å². The Labute approximate surface area is 215 Å². The summed E-state index contributed by atoms with van der Waals surface area (Å²) in [6.45, 7) is 0.772. The van der Waals surface area contributed by atoms with Crippen LogP contribution in [-0.2, 0) is 6.54 Å². The van der Waals surface area contributed by atoms with E-state index in [1.807, 2.05) is 6.07 Å². The number of hydrazine groups is 1. The summed E-state index contributed by atoms with van der Waals surface area (Å²) < 4.78 is 13.5. The van der Waals surface area contributed by atoms with Crippen molar-refractivity contribution in [2.24, 2.45) is 0 Å². The minimum absolute atomic E-state index is 0.0684. The van der Waals surface area contributed by atoms with Gasteiger partial charge < -0.3 is 4.90 Å². The highest BCUT2D eigenvalue weighted by Gasteiger charge is 2.35. The summed E-state index contributed by atoms with van der Waals surface area (Å²) in [6, 6.07) is 20.8. The van der Waals surface area contributed by atoms with Crippen molar-refractivity contribution in [1.82, 2.24) is 20.7 Å². The summed E-state index contributed by atoms with van der Waals surface area (Å²) >= 11 is 0. The van der Waals surface area contributed by atoms with Crippen LogP contribution in [0.3, 0.4) is 0 Å². The van der Waals surface area contributed by atoms with Gasteiger partial charge in [-0.05, 0) is 66.8 Å². The van der Waals surface area contributed by atoms with Crippen LogP contribution in [-0.4, -0.2) is 47.2 Å². The minimum Gasteiger partial charge on any atom is -0.342 e. The van der Waals surface area contributed by atoms with E-state index in [2.05, 4.69) is 10.9 Å². The first-order chi connectivity index (χ1) is 17.9. The molecule has 2 unspecified atom stereocenters. The van der Waals surface area contributed by atoms with Gasteiger partial charge in [-0.1, -0.05) is 36.4 Å². The van der Waals surface area contributed by atoms with E-state index in [0.29, 0.717) is 23.2 Å². The monoisotopic (exact) mass is 500 g/mol. The number of fused-ring (bicyclic) bond motifs is 1. The molecule has 3 amide bonds. The van der Waals surface area contributed by atoms with E-state index in [0.717, 1.165) is 30.4 Å². The number of benzene rings is 3. The van der Waals surface area contributed by atoms with Crippen molar-refractivity contribution in [3.05, 3.63) is 106 Å². The molecule has 190 valence electrons. The smallest absolute Gasteiger partial charge is 0.261 e. The molecule has 0 radical (unpaired) electrons. The Hall–Kier alpha value is -3.88. The van der Waals surface area contributed by atoms with Crippen LogP contribution in [0, 0.1) is 5.82 Å². The van der Waals surface area contributed by atoms with E-state index in [1.54, 1.807) is 72.6 Å². The second kappa shape index (κ2) is 10.6. The molecule has 7 nitrogen and oxygen atoms in total. The summed E-state index contributed by atoms with van der Waals surface area (Å²) in [6.07, 6.45) is 2.57. The number of carbonyl (C=O) groups is 3. The highest BCUT2D eigenvalue weighted by Crippen LogP contribution is 2.26. The first-order valence-electron chi connectivity index (χ1n) is 12.5. The number of nitrogens with one attached hydrogen (secondary N) is 2. The maximum Gasteiger partial charge on any atom is 0.261 e. The molecule has 8 heteroatoms. The van der Waals surface area contributed by atoms with Gasteiger partial charge in [-0.2, -0.15) is 0 Å². The predicted molar refractivity (Wildman–Crippen MR) is 137 cm³/mol. The zero-order valence-corrected chi connectivity index (χ0v) is 20.6. The first-order valence-corrected chi connectivity index (χ1v) is 12.5. The van der Waals surface area contributed by atoms with Crippen LogP contribution < -0.4 is 10.9 Å². The van der Waals surface area contributed by atoms with Crippen LogP contribution >= 0.6 is 0 Å². The van der Waals surface area contributed by atoms with Crippen molar-refractivity contribution in [2.75, 3.05) is 13.6 Å². The topological polar surface area (TPSA) is 81.8 Å². The zero-order valence-electron chi connectivity index (χ0n) is 20.6. The molecule has 1 saturated heterocycles. The number of imide groups is 1. The molecule has 2 aliphatic heterocycles. The molecule has 2 aliphatic rings. The second-order valence-corrected chi connectivity index (χ2v) is 9.64. The first kappa shape index (κ1) is 24.8. The normalized spacial score (nSPS) is 18.8. The van der Waals surface area contributed by atoms with Crippen LogP contribution in [0.2, 0.25) is 0 Å². The van der Waals surface area contributed by atoms with E-state index in [1.165, 1.54) is 11.0 Å². The number of rotatable bonds is 8. The Morgan fingerprint density at radius 1 is 0.973 bits per heavy atom. The summed E-state index contributed by atoms with van der Waals surface area (Å²) in [5, 5.41) is 0. The third kappa shape index (κ3) is 5.30. The number of hydrogen-bond acceptors (Lipinski definition) is 5. The Kier molecular flexibility index (Phi) is 7.12. The fraction of sp³-hybridized carbons (Fsp3) is 0.276. The molecule has 5 rings (SSSR count). The number of nitrogens with zero attached hydrogens (tertiary/aromatic N) is 2. The van der Waals surface area contributed by atoms with E-state index >= 15 is 0 Å². The molecule has 1 fully saturated rings. The second-order valence-electron chi connectivity index (χ2n) is 9.64. The Morgan fingerprint density at radius 3 is 2.35 bits per heavy atom. The number of amides is 3. The van der Waals surface area contributed by atoms with E-state index < -0.39 is 0 Å². The van der Waals surface area contributed by atoms with E-state index in [-0.39, 0.29) is 42.2 Å². The van der Waals surface area contributed by atoms with Gasteiger partial charge in [0.25, 0.3) is 17.7 Å². The number of carbonyl (C=O) groups excluding carboxylic acids is 3. The van der Waals surface area contributed by atoms with Gasteiger partial charge in [-0.3, -0.25) is 30.1 Å². The quantitative estimate of drug-likeness (QED) is 0.456. The van der Waals surface area contributed by atoms with Gasteiger partial charge in [0.1, 0.15) is 5.82 Å². The van der Waals surface area contributed by atoms with Crippen molar-refractivity contribution in [3.63, 3.8) is 0 Å². The fourth-order valence-corrected chi connectivity index (χ4v) is 4.97. The van der Waals surface area contributed by atoms with Crippen LogP contribution in [0.1, 0.15) is 67.5 Å². The maximum atomic E-state index is 13.5. The molecule has 37 heavy (non-hydrogen) atoms. The molecule has 2 heterocycles. The van der Waals surface area contributed by atoms with Crippen molar-refractivity contribution in [2.45, 2.75) is 37.9 Å². The lowest BCUT2D eigenvalue weighted by molar-refractivity contribution is 0.0641. The summed E-state index contributed by atoms with van der Waals surface area (Å²) in [5.41, 5.74) is 9.62. The molecule has 2 atom stereocenters. The lowest BCUT2D eigenvalue weighted by Crippen LogP contribution is -2.32. The lowest BCUT2D eigenvalue weighted by atomic mass is 9.99.